The number of unbranched alkanes of at least 4 members (excludes halogenated alkanes) is 2. The number of hydrogen-bond acceptors (Lipinski definition) is 11. The summed E-state index contributed by atoms with van der Waals surface area (Å²) < 4.78 is 57.1. The van der Waals surface area contributed by atoms with Gasteiger partial charge in [-0.15, -0.1) is 0 Å². The van der Waals surface area contributed by atoms with Crippen molar-refractivity contribution in [2.24, 2.45) is 5.92 Å². The second kappa shape index (κ2) is 21.9. The number of aryl methyl sites for hydroxylation is 1. The Labute approximate surface area is 273 Å². The quantitative estimate of drug-likeness (QED) is 0.0711. The maximum Gasteiger partial charge on any atom is 0.408 e. The second-order valence-corrected chi connectivity index (χ2v) is 13.7. The molecule has 0 saturated heterocycles. The van der Waals surface area contributed by atoms with E-state index in [1.807, 2.05) is 20.8 Å². The zero-order chi connectivity index (χ0) is 34.6. The molecule has 0 radical (unpaired) electrons. The van der Waals surface area contributed by atoms with Gasteiger partial charge >= 0.3 is 6.09 Å². The van der Waals surface area contributed by atoms with Crippen molar-refractivity contribution in [2.75, 3.05) is 46.9 Å². The lowest BCUT2D eigenvalue weighted by Gasteiger charge is -2.24. The van der Waals surface area contributed by atoms with Crippen LogP contribution in [0, 0.1) is 12.8 Å². The highest BCUT2D eigenvalue weighted by Gasteiger charge is 2.25. The number of methoxy groups -OCH3 is 1. The minimum absolute atomic E-state index is 0.0468. The van der Waals surface area contributed by atoms with Crippen LogP contribution in [-0.2, 0) is 47.6 Å². The van der Waals surface area contributed by atoms with Crippen LogP contribution in [-0.4, -0.2) is 91.0 Å². The van der Waals surface area contributed by atoms with Gasteiger partial charge in [0.25, 0.3) is 16.0 Å². The molecule has 0 spiro atoms. The van der Waals surface area contributed by atoms with Crippen molar-refractivity contribution in [3.05, 3.63) is 29.8 Å². The molecule has 3 N–H and O–H groups in total. The van der Waals surface area contributed by atoms with Gasteiger partial charge in [0.15, 0.2) is 0 Å². The van der Waals surface area contributed by atoms with Crippen LogP contribution in [0.3, 0.4) is 0 Å². The van der Waals surface area contributed by atoms with Crippen molar-refractivity contribution >= 4 is 28.0 Å². The molecule has 3 amide bonds. The van der Waals surface area contributed by atoms with E-state index in [1.165, 1.54) is 12.1 Å². The number of ether oxygens (including phenoxy) is 5. The molecule has 264 valence electrons. The summed E-state index contributed by atoms with van der Waals surface area (Å²) in [4.78, 5) is 37.0. The van der Waals surface area contributed by atoms with Crippen LogP contribution in [0.25, 0.3) is 0 Å². The molecule has 15 heteroatoms. The fourth-order valence-corrected chi connectivity index (χ4v) is 4.68. The first-order valence-electron chi connectivity index (χ1n) is 15.4. The van der Waals surface area contributed by atoms with E-state index in [4.69, 9.17) is 27.9 Å². The summed E-state index contributed by atoms with van der Waals surface area (Å²) in [6.07, 6.45) is 0.960. The molecule has 1 aromatic rings. The Bertz CT molecular complexity index is 1140. The Morgan fingerprint density at radius 3 is 2.22 bits per heavy atom. The maximum atomic E-state index is 12.6. The molecule has 1 aromatic carbocycles. The average molecular weight is 676 g/mol. The fraction of sp³-hybridized carbons (Fsp3) is 0.710. The number of hydrazine groups is 1. The number of amides is 3. The molecule has 2 atom stereocenters. The third-order valence-electron chi connectivity index (χ3n) is 6.07. The van der Waals surface area contributed by atoms with Crippen LogP contribution < -0.4 is 16.2 Å². The molecule has 46 heavy (non-hydrogen) atoms. The highest BCUT2D eigenvalue weighted by atomic mass is 32.2. The Kier molecular flexibility index (Phi) is 19.6. The molecule has 0 aliphatic heterocycles. The van der Waals surface area contributed by atoms with Crippen molar-refractivity contribution in [3.8, 4) is 0 Å². The number of alkyl carbamates (subject to hydrolysis) is 1. The molecular formula is C31H53N3O11S. The lowest BCUT2D eigenvalue weighted by Crippen LogP contribution is -2.53. The van der Waals surface area contributed by atoms with Crippen LogP contribution >= 0.6 is 0 Å². The predicted molar refractivity (Wildman–Crippen MR) is 170 cm³/mol. The summed E-state index contributed by atoms with van der Waals surface area (Å²) in [7, 11) is -2.43. The molecular weight excluding hydrogens is 622 g/mol. The number of carbonyl (C=O) groups is 3. The second-order valence-electron chi connectivity index (χ2n) is 12.1. The van der Waals surface area contributed by atoms with E-state index in [9.17, 15) is 22.8 Å². The van der Waals surface area contributed by atoms with Gasteiger partial charge in [-0.3, -0.25) is 24.6 Å². The predicted octanol–water partition coefficient (Wildman–Crippen LogP) is 3.37. The van der Waals surface area contributed by atoms with Gasteiger partial charge in [-0.1, -0.05) is 38.0 Å². The lowest BCUT2D eigenvalue weighted by molar-refractivity contribution is -0.130. The summed E-state index contributed by atoms with van der Waals surface area (Å²) in [5.74, 6) is -0.805. The smallest absolute Gasteiger partial charge is 0.408 e. The van der Waals surface area contributed by atoms with Gasteiger partial charge < -0.3 is 29.0 Å². The van der Waals surface area contributed by atoms with Crippen molar-refractivity contribution in [1.29, 1.82) is 0 Å². The highest BCUT2D eigenvalue weighted by molar-refractivity contribution is 7.86. The zero-order valence-corrected chi connectivity index (χ0v) is 29.0. The SMILES string of the molecule is COCCOCO[C@@H](COCCCCCC(=O)NNC(=O)[C@@H](CC(C)C)NC(=O)OC(C)(C)C)COS(=O)(=O)c1ccc(C)cc1. The van der Waals surface area contributed by atoms with Gasteiger partial charge in [0, 0.05) is 20.1 Å². The van der Waals surface area contributed by atoms with Crippen LogP contribution in [0.4, 0.5) is 4.79 Å². The highest BCUT2D eigenvalue weighted by Crippen LogP contribution is 2.14. The number of rotatable bonds is 22. The van der Waals surface area contributed by atoms with Crippen molar-refractivity contribution in [2.45, 2.75) is 96.3 Å². The molecule has 0 heterocycles. The van der Waals surface area contributed by atoms with E-state index < -0.39 is 39.9 Å². The summed E-state index contributed by atoms with van der Waals surface area (Å²) in [5.41, 5.74) is 4.97. The van der Waals surface area contributed by atoms with Crippen molar-refractivity contribution < 1.29 is 50.7 Å². The largest absolute Gasteiger partial charge is 0.444 e. The average Bonchev–Trinajstić information content (AvgIpc) is 2.96. The topological polar surface area (TPSA) is 177 Å². The van der Waals surface area contributed by atoms with Gasteiger partial charge in [-0.25, -0.2) is 4.79 Å². The molecule has 0 unspecified atom stereocenters. The van der Waals surface area contributed by atoms with E-state index in [-0.39, 0.29) is 43.1 Å². The van der Waals surface area contributed by atoms with E-state index in [0.29, 0.717) is 45.5 Å². The molecule has 0 aromatic heterocycles. The number of benzene rings is 1. The molecule has 0 bridgehead atoms. The van der Waals surface area contributed by atoms with Gasteiger partial charge in [0.2, 0.25) is 5.91 Å². The fourth-order valence-electron chi connectivity index (χ4n) is 3.74. The summed E-state index contributed by atoms with van der Waals surface area (Å²) in [6, 6.07) is 5.46. The first-order valence-corrected chi connectivity index (χ1v) is 16.8. The standard InChI is InChI=1S/C31H53N3O11S/c1-23(2)19-27(32-30(37)45-31(4,5)6)29(36)34-33-28(35)11-9-8-10-16-41-20-25(43-22-42-18-17-40-7)21-44-46(38,39)26-14-12-24(3)13-15-26/h12-15,23,25,27H,8-11,16-22H2,1-7H3,(H,32,37)(H,33,35)(H,34,36)/t25-,27+/m0/s1. The third-order valence-corrected chi connectivity index (χ3v) is 7.37. The molecule has 0 aliphatic carbocycles. The van der Waals surface area contributed by atoms with E-state index in [2.05, 4.69) is 16.2 Å². The van der Waals surface area contributed by atoms with Crippen LogP contribution in [0.5, 0.6) is 0 Å². The third kappa shape index (κ3) is 19.6. The Balaban J connectivity index is 2.41. The molecule has 0 saturated carbocycles. The Morgan fingerprint density at radius 2 is 1.59 bits per heavy atom. The monoisotopic (exact) mass is 675 g/mol. The van der Waals surface area contributed by atoms with Crippen LogP contribution in [0.15, 0.2) is 29.2 Å². The molecule has 1 rings (SSSR count). The number of hydrogen-bond donors (Lipinski definition) is 3. The van der Waals surface area contributed by atoms with E-state index >= 15 is 0 Å². The van der Waals surface area contributed by atoms with Crippen LogP contribution in [0.2, 0.25) is 0 Å². The van der Waals surface area contributed by atoms with Crippen molar-refractivity contribution in [3.63, 3.8) is 0 Å². The lowest BCUT2D eigenvalue weighted by atomic mass is 10.0. The van der Waals surface area contributed by atoms with Crippen molar-refractivity contribution in [1.82, 2.24) is 16.2 Å². The molecule has 0 fully saturated rings. The zero-order valence-electron chi connectivity index (χ0n) is 28.2. The normalized spacial score (nSPS) is 13.2. The van der Waals surface area contributed by atoms with Gasteiger partial charge in [-0.2, -0.15) is 8.42 Å². The van der Waals surface area contributed by atoms with E-state index in [0.717, 1.165) is 5.56 Å². The van der Waals surface area contributed by atoms with Gasteiger partial charge in [0.1, 0.15) is 24.5 Å². The minimum Gasteiger partial charge on any atom is -0.444 e. The summed E-state index contributed by atoms with van der Waals surface area (Å²) in [5, 5.41) is 2.55. The van der Waals surface area contributed by atoms with Gasteiger partial charge in [0.05, 0.1) is 31.3 Å². The first-order chi connectivity index (χ1) is 21.6. The van der Waals surface area contributed by atoms with E-state index in [1.54, 1.807) is 40.0 Å². The minimum atomic E-state index is -3.98. The Morgan fingerprint density at radius 1 is 0.891 bits per heavy atom. The molecule has 14 nitrogen and oxygen atoms in total. The van der Waals surface area contributed by atoms with Gasteiger partial charge in [-0.05, 0) is 65.0 Å². The summed E-state index contributed by atoms with van der Waals surface area (Å²) >= 11 is 0. The van der Waals surface area contributed by atoms with Crippen LogP contribution in [0.1, 0.15) is 72.3 Å². The Hall–Kier alpha value is -2.82. The first kappa shape index (κ1) is 41.2. The number of nitrogens with one attached hydrogen (secondary N) is 3. The number of carbonyl (C=O) groups excluding carboxylic acids is 3. The maximum absolute atomic E-state index is 12.6. The molecule has 0 aliphatic rings. The summed E-state index contributed by atoms with van der Waals surface area (Å²) in [6.45, 7) is 11.6.